The molecule has 0 radical (unpaired) electrons. The lowest BCUT2D eigenvalue weighted by Crippen LogP contribution is -2.26. The number of ether oxygens (including phenoxy) is 4. The number of benzene rings is 3. The molecule has 4 heterocycles. The Kier molecular flexibility index (Phi) is 12.0. The number of hydrogen-bond acceptors (Lipinski definition) is 8. The zero-order valence-corrected chi connectivity index (χ0v) is 35.5. The molecule has 4 aromatic heterocycles. The van der Waals surface area contributed by atoms with Crippen LogP contribution < -0.4 is 9.47 Å². The largest absolute Gasteiger partial charge is 0.481 e. The Morgan fingerprint density at radius 1 is 0.695 bits per heavy atom. The van der Waals surface area contributed by atoms with Gasteiger partial charge in [0.2, 0.25) is 11.8 Å². The number of aryl methyl sites for hydroxylation is 2. The van der Waals surface area contributed by atoms with Gasteiger partial charge in [-0.3, -0.25) is 0 Å². The zero-order valence-electron chi connectivity index (χ0n) is 35.5. The Bertz CT molecular complexity index is 2680. The molecule has 7 aromatic rings. The molecule has 59 heavy (non-hydrogen) atoms. The van der Waals surface area contributed by atoms with Crippen LogP contribution in [0.1, 0.15) is 84.8 Å². The lowest BCUT2D eigenvalue weighted by Gasteiger charge is -2.21. The number of fused-ring (bicyclic) bond motifs is 2. The molecule has 0 amide bonds. The molecule has 0 unspecified atom stereocenters. The minimum atomic E-state index is -0.695. The summed E-state index contributed by atoms with van der Waals surface area (Å²) in [4.78, 5) is 38.3. The predicted molar refractivity (Wildman–Crippen MR) is 230 cm³/mol. The van der Waals surface area contributed by atoms with Gasteiger partial charge >= 0.3 is 11.9 Å². The van der Waals surface area contributed by atoms with E-state index < -0.39 is 23.1 Å². The summed E-state index contributed by atoms with van der Waals surface area (Å²) in [7, 11) is 3.12. The van der Waals surface area contributed by atoms with Crippen molar-refractivity contribution in [3.63, 3.8) is 0 Å². The average Bonchev–Trinajstić information content (AvgIpc) is 3.70. The number of halogens is 1. The van der Waals surface area contributed by atoms with Crippen LogP contribution in [0.5, 0.6) is 11.8 Å². The monoisotopic (exact) mass is 798 g/mol. The Hall–Kier alpha value is -6.49. The number of aromatic nitrogens is 4. The summed E-state index contributed by atoms with van der Waals surface area (Å²) >= 11 is 0. The molecule has 0 atom stereocenters. The minimum Gasteiger partial charge on any atom is -0.481 e. The second kappa shape index (κ2) is 16.8. The van der Waals surface area contributed by atoms with Crippen LogP contribution in [0.2, 0.25) is 0 Å². The molecular formula is C48H51FN4O6. The zero-order chi connectivity index (χ0) is 42.8. The number of nitrogens with zero attached hydrogens (tertiary/aromatic N) is 3. The highest BCUT2D eigenvalue weighted by atomic mass is 19.1. The van der Waals surface area contributed by atoms with Crippen molar-refractivity contribution in [3.05, 3.63) is 131 Å². The van der Waals surface area contributed by atoms with Gasteiger partial charge in [-0.25, -0.2) is 23.9 Å². The molecule has 7 rings (SSSR count). The maximum atomic E-state index is 14.4. The number of esters is 2. The van der Waals surface area contributed by atoms with Crippen molar-refractivity contribution in [3.8, 4) is 34.0 Å². The summed E-state index contributed by atoms with van der Waals surface area (Å²) < 4.78 is 38.7. The first-order chi connectivity index (χ1) is 27.9. The van der Waals surface area contributed by atoms with Gasteiger partial charge in [0, 0.05) is 63.0 Å². The van der Waals surface area contributed by atoms with Crippen molar-refractivity contribution >= 4 is 33.7 Å². The minimum absolute atomic E-state index is 0.280. The standard InChI is InChI=1S/C28H29FN2O3.C20H22N2O3/c1-17-12-13-23-21(15-17)24(20-10-8-14-30-26(20)33-6)25(27(32)34-28(3,4)5)31(23)16-19-9-7-11-22(29)18(19)2;1-12-8-9-15-14(11-12)16(13-7-6-10-21-18(13)24-5)17(22-15)19(23)25-20(2,3)4/h7-15H,16H2,1-6H3;6-11,22H,1-5H3. The fraction of sp³-hybridized carbons (Fsp3) is 0.292. The number of hydrogen-bond donors (Lipinski definition) is 1. The third-order valence-electron chi connectivity index (χ3n) is 9.54. The first kappa shape index (κ1) is 42.1. The van der Waals surface area contributed by atoms with Gasteiger partial charge in [0.1, 0.15) is 28.4 Å². The molecule has 11 heteroatoms. The first-order valence-corrected chi connectivity index (χ1v) is 19.3. The third kappa shape index (κ3) is 9.14. The van der Waals surface area contributed by atoms with E-state index in [1.165, 1.54) is 6.07 Å². The van der Waals surface area contributed by atoms with Crippen molar-refractivity contribution in [1.82, 2.24) is 19.5 Å². The Balaban J connectivity index is 0.000000208. The van der Waals surface area contributed by atoms with Gasteiger partial charge in [0.25, 0.3) is 0 Å². The van der Waals surface area contributed by atoms with Crippen LogP contribution in [0.25, 0.3) is 44.1 Å². The number of H-pyrrole nitrogens is 1. The first-order valence-electron chi connectivity index (χ1n) is 19.3. The molecule has 0 bridgehead atoms. The molecule has 0 aliphatic carbocycles. The quantitative estimate of drug-likeness (QED) is 0.151. The number of rotatable bonds is 8. The van der Waals surface area contributed by atoms with E-state index in [1.807, 2.05) is 127 Å². The number of methoxy groups -OCH3 is 2. The topological polar surface area (TPSA) is 118 Å². The Morgan fingerprint density at radius 3 is 1.85 bits per heavy atom. The number of aromatic amines is 1. The van der Waals surface area contributed by atoms with E-state index in [-0.39, 0.29) is 5.82 Å². The number of pyridine rings is 2. The number of carbonyl (C=O) groups is 2. The van der Waals surface area contributed by atoms with Crippen LogP contribution >= 0.6 is 0 Å². The van der Waals surface area contributed by atoms with Crippen LogP contribution in [0.3, 0.4) is 0 Å². The van der Waals surface area contributed by atoms with Crippen LogP contribution in [0, 0.1) is 26.6 Å². The molecule has 0 spiro atoms. The third-order valence-corrected chi connectivity index (χ3v) is 9.54. The molecule has 0 fully saturated rings. The smallest absolute Gasteiger partial charge is 0.356 e. The average molecular weight is 799 g/mol. The second-order valence-corrected chi connectivity index (χ2v) is 16.4. The van der Waals surface area contributed by atoms with Crippen molar-refractivity contribution in [2.75, 3.05) is 14.2 Å². The highest BCUT2D eigenvalue weighted by Crippen LogP contribution is 2.41. The van der Waals surface area contributed by atoms with Crippen molar-refractivity contribution < 1.29 is 32.9 Å². The normalized spacial score (nSPS) is 11.6. The van der Waals surface area contributed by atoms with E-state index in [2.05, 4.69) is 15.0 Å². The summed E-state index contributed by atoms with van der Waals surface area (Å²) in [6.45, 7) is 17.1. The Labute approximate surface area is 344 Å². The van der Waals surface area contributed by atoms with Gasteiger partial charge in [-0.1, -0.05) is 35.4 Å². The van der Waals surface area contributed by atoms with E-state index in [1.54, 1.807) is 39.6 Å². The van der Waals surface area contributed by atoms with E-state index in [0.717, 1.165) is 49.6 Å². The van der Waals surface area contributed by atoms with Crippen LogP contribution in [-0.4, -0.2) is 56.9 Å². The fourth-order valence-electron chi connectivity index (χ4n) is 6.99. The van der Waals surface area contributed by atoms with E-state index in [4.69, 9.17) is 18.9 Å². The maximum absolute atomic E-state index is 14.4. The predicted octanol–water partition coefficient (Wildman–Crippen LogP) is 11.0. The molecular weight excluding hydrogens is 748 g/mol. The van der Waals surface area contributed by atoms with E-state index in [9.17, 15) is 14.0 Å². The van der Waals surface area contributed by atoms with Gasteiger partial charge in [0.05, 0.1) is 14.2 Å². The molecule has 1 N–H and O–H groups in total. The Morgan fingerprint density at radius 2 is 1.25 bits per heavy atom. The molecule has 0 aliphatic rings. The van der Waals surface area contributed by atoms with E-state index >= 15 is 0 Å². The highest BCUT2D eigenvalue weighted by molar-refractivity contribution is 6.10. The van der Waals surface area contributed by atoms with Crippen molar-refractivity contribution in [2.24, 2.45) is 0 Å². The summed E-state index contributed by atoms with van der Waals surface area (Å²) in [5.74, 6) is -0.263. The molecule has 306 valence electrons. The van der Waals surface area contributed by atoms with Gasteiger partial charge in [-0.15, -0.1) is 0 Å². The number of nitrogens with one attached hydrogen (secondary N) is 1. The van der Waals surface area contributed by atoms with Gasteiger partial charge in [-0.05, 0) is 128 Å². The second-order valence-electron chi connectivity index (χ2n) is 16.4. The van der Waals surface area contributed by atoms with Gasteiger partial charge in [0.15, 0.2) is 0 Å². The molecule has 0 saturated carbocycles. The molecule has 10 nitrogen and oxygen atoms in total. The summed E-state index contributed by atoms with van der Waals surface area (Å²) in [6.07, 6.45) is 3.31. The summed E-state index contributed by atoms with van der Waals surface area (Å²) in [5.41, 5.74) is 7.58. The molecule has 0 aliphatic heterocycles. The van der Waals surface area contributed by atoms with Crippen molar-refractivity contribution in [2.45, 2.75) is 80.1 Å². The summed E-state index contributed by atoms with van der Waals surface area (Å²) in [5, 5.41) is 1.81. The highest BCUT2D eigenvalue weighted by Gasteiger charge is 2.31. The van der Waals surface area contributed by atoms with Crippen LogP contribution in [0.15, 0.2) is 91.3 Å². The fourth-order valence-corrected chi connectivity index (χ4v) is 6.99. The van der Waals surface area contributed by atoms with Gasteiger partial charge in [-0.2, -0.15) is 0 Å². The van der Waals surface area contributed by atoms with Crippen molar-refractivity contribution in [1.29, 1.82) is 0 Å². The van der Waals surface area contributed by atoms with E-state index in [0.29, 0.717) is 46.4 Å². The SMILES string of the molecule is COc1ncccc1-c1c(C(=O)OC(C)(C)C)[nH]c2ccc(C)cc12.COc1ncccc1-c1c(C(=O)OC(C)(C)C)n(Cc2cccc(F)c2C)c2ccc(C)cc12. The summed E-state index contributed by atoms with van der Waals surface area (Å²) in [6, 6.07) is 24.5. The van der Waals surface area contributed by atoms with Crippen LogP contribution in [0.4, 0.5) is 4.39 Å². The van der Waals surface area contributed by atoms with Crippen LogP contribution in [-0.2, 0) is 16.0 Å². The molecule has 3 aromatic carbocycles. The number of carbonyl (C=O) groups excluding carboxylic acids is 2. The lowest BCUT2D eigenvalue weighted by molar-refractivity contribution is 0.00495. The van der Waals surface area contributed by atoms with Gasteiger partial charge < -0.3 is 28.5 Å². The maximum Gasteiger partial charge on any atom is 0.356 e. The molecule has 0 saturated heterocycles. The lowest BCUT2D eigenvalue weighted by atomic mass is 10.0.